The molecule has 1 atom stereocenters. The minimum atomic E-state index is -0.200. The summed E-state index contributed by atoms with van der Waals surface area (Å²) >= 11 is 0. The lowest BCUT2D eigenvalue weighted by molar-refractivity contribution is 0.0449. The Bertz CT molecular complexity index is 182. The standard InChI is InChI=1S/C10H19NO3/c1-3-14-10(12)11-7-5-4-6-9(11)8-13-2/h9H,3-8H2,1-2H3. The molecule has 0 saturated carbocycles. The quantitative estimate of drug-likeness (QED) is 0.696. The van der Waals surface area contributed by atoms with Crippen LogP contribution in [0.3, 0.4) is 0 Å². The van der Waals surface area contributed by atoms with Gasteiger partial charge in [0.2, 0.25) is 0 Å². The topological polar surface area (TPSA) is 38.8 Å². The maximum Gasteiger partial charge on any atom is 0.410 e. The lowest BCUT2D eigenvalue weighted by Crippen LogP contribution is -2.46. The summed E-state index contributed by atoms with van der Waals surface area (Å²) in [6.07, 6.45) is 3.06. The van der Waals surface area contributed by atoms with Crippen molar-refractivity contribution in [2.24, 2.45) is 0 Å². The van der Waals surface area contributed by atoms with Crippen molar-refractivity contribution in [2.75, 3.05) is 26.9 Å². The molecule has 0 aliphatic carbocycles. The number of amides is 1. The molecule has 1 saturated heterocycles. The predicted octanol–water partition coefficient (Wildman–Crippen LogP) is 1.64. The molecule has 1 aliphatic rings. The molecule has 1 rings (SSSR count). The number of hydrogen-bond donors (Lipinski definition) is 0. The molecule has 0 N–H and O–H groups in total. The fraction of sp³-hybridized carbons (Fsp3) is 0.900. The molecule has 1 heterocycles. The van der Waals surface area contributed by atoms with E-state index in [9.17, 15) is 4.79 Å². The van der Waals surface area contributed by atoms with Crippen molar-refractivity contribution in [3.8, 4) is 0 Å². The van der Waals surface area contributed by atoms with Gasteiger partial charge in [0.05, 0.1) is 19.3 Å². The van der Waals surface area contributed by atoms with E-state index in [1.165, 1.54) is 6.42 Å². The van der Waals surface area contributed by atoms with E-state index in [0.717, 1.165) is 19.4 Å². The molecule has 0 aromatic rings. The lowest BCUT2D eigenvalue weighted by atomic mass is 10.0. The average Bonchev–Trinajstić information content (AvgIpc) is 2.19. The van der Waals surface area contributed by atoms with Gasteiger partial charge in [0.15, 0.2) is 0 Å². The molecule has 1 aliphatic heterocycles. The molecule has 4 heteroatoms. The Kier molecular flexibility index (Phi) is 4.73. The molecule has 1 amide bonds. The molecule has 1 unspecified atom stereocenters. The van der Waals surface area contributed by atoms with Gasteiger partial charge in [0.25, 0.3) is 0 Å². The Morgan fingerprint density at radius 1 is 1.50 bits per heavy atom. The number of rotatable bonds is 3. The van der Waals surface area contributed by atoms with Gasteiger partial charge in [0.1, 0.15) is 0 Å². The van der Waals surface area contributed by atoms with E-state index < -0.39 is 0 Å². The molecule has 0 bridgehead atoms. The fourth-order valence-corrected chi connectivity index (χ4v) is 1.81. The number of likely N-dealkylation sites (tertiary alicyclic amines) is 1. The van der Waals surface area contributed by atoms with Crippen LogP contribution in [0.15, 0.2) is 0 Å². The monoisotopic (exact) mass is 201 g/mol. The third kappa shape index (κ3) is 2.87. The highest BCUT2D eigenvalue weighted by molar-refractivity contribution is 5.68. The van der Waals surface area contributed by atoms with E-state index in [0.29, 0.717) is 13.2 Å². The minimum absolute atomic E-state index is 0.200. The Morgan fingerprint density at radius 2 is 2.29 bits per heavy atom. The third-order valence-corrected chi connectivity index (χ3v) is 2.49. The summed E-state index contributed by atoms with van der Waals surface area (Å²) in [5.41, 5.74) is 0. The highest BCUT2D eigenvalue weighted by Crippen LogP contribution is 2.17. The first-order valence-electron chi connectivity index (χ1n) is 5.22. The molecule has 0 radical (unpaired) electrons. The number of nitrogens with zero attached hydrogens (tertiary/aromatic N) is 1. The summed E-state index contributed by atoms with van der Waals surface area (Å²) in [5.74, 6) is 0. The number of methoxy groups -OCH3 is 1. The van der Waals surface area contributed by atoms with Crippen LogP contribution in [0.2, 0.25) is 0 Å². The van der Waals surface area contributed by atoms with Gasteiger partial charge in [-0.15, -0.1) is 0 Å². The lowest BCUT2D eigenvalue weighted by Gasteiger charge is -2.34. The second-order valence-electron chi connectivity index (χ2n) is 3.50. The van der Waals surface area contributed by atoms with Crippen molar-refractivity contribution in [1.82, 2.24) is 4.90 Å². The molecule has 0 spiro atoms. The largest absolute Gasteiger partial charge is 0.450 e. The van der Waals surface area contributed by atoms with Gasteiger partial charge >= 0.3 is 6.09 Å². The van der Waals surface area contributed by atoms with Crippen LogP contribution in [0.4, 0.5) is 4.79 Å². The van der Waals surface area contributed by atoms with Gasteiger partial charge in [-0.3, -0.25) is 0 Å². The normalized spacial score (nSPS) is 22.1. The van der Waals surface area contributed by atoms with E-state index >= 15 is 0 Å². The summed E-state index contributed by atoms with van der Waals surface area (Å²) in [7, 11) is 1.66. The minimum Gasteiger partial charge on any atom is -0.450 e. The zero-order chi connectivity index (χ0) is 10.4. The zero-order valence-electron chi connectivity index (χ0n) is 8.99. The average molecular weight is 201 g/mol. The molecule has 82 valence electrons. The van der Waals surface area contributed by atoms with Crippen LogP contribution in [0.5, 0.6) is 0 Å². The van der Waals surface area contributed by atoms with E-state index in [-0.39, 0.29) is 12.1 Å². The van der Waals surface area contributed by atoms with E-state index in [1.807, 2.05) is 6.92 Å². The fourth-order valence-electron chi connectivity index (χ4n) is 1.81. The van der Waals surface area contributed by atoms with Crippen molar-refractivity contribution in [3.05, 3.63) is 0 Å². The van der Waals surface area contributed by atoms with Crippen LogP contribution in [-0.2, 0) is 9.47 Å². The van der Waals surface area contributed by atoms with Crippen molar-refractivity contribution < 1.29 is 14.3 Å². The number of carbonyl (C=O) groups is 1. The summed E-state index contributed by atoms with van der Waals surface area (Å²) in [6, 6.07) is 0.202. The highest BCUT2D eigenvalue weighted by Gasteiger charge is 2.27. The van der Waals surface area contributed by atoms with Crippen molar-refractivity contribution in [3.63, 3.8) is 0 Å². The Hall–Kier alpha value is -0.770. The van der Waals surface area contributed by atoms with Gasteiger partial charge in [-0.2, -0.15) is 0 Å². The van der Waals surface area contributed by atoms with Gasteiger partial charge in [-0.1, -0.05) is 0 Å². The number of piperidine rings is 1. The number of ether oxygens (including phenoxy) is 2. The molecular formula is C10H19NO3. The van der Waals surface area contributed by atoms with Crippen molar-refractivity contribution in [2.45, 2.75) is 32.2 Å². The summed E-state index contributed by atoms with van der Waals surface area (Å²) in [5, 5.41) is 0. The number of hydrogen-bond acceptors (Lipinski definition) is 3. The van der Waals surface area contributed by atoms with Crippen molar-refractivity contribution in [1.29, 1.82) is 0 Å². The van der Waals surface area contributed by atoms with Gasteiger partial charge in [-0.05, 0) is 26.2 Å². The Labute approximate surface area is 85.2 Å². The first kappa shape index (κ1) is 11.3. The second kappa shape index (κ2) is 5.86. The van der Waals surface area contributed by atoms with Crippen LogP contribution < -0.4 is 0 Å². The summed E-state index contributed by atoms with van der Waals surface area (Å²) < 4.78 is 10.1. The maximum atomic E-state index is 11.5. The molecule has 0 aromatic heterocycles. The SMILES string of the molecule is CCOC(=O)N1CCCCC1COC. The number of carbonyl (C=O) groups excluding carboxylic acids is 1. The summed E-state index contributed by atoms with van der Waals surface area (Å²) in [4.78, 5) is 13.3. The van der Waals surface area contributed by atoms with Gasteiger partial charge < -0.3 is 14.4 Å². The molecule has 4 nitrogen and oxygen atoms in total. The second-order valence-corrected chi connectivity index (χ2v) is 3.50. The van der Waals surface area contributed by atoms with Gasteiger partial charge in [-0.25, -0.2) is 4.79 Å². The maximum absolute atomic E-state index is 11.5. The van der Waals surface area contributed by atoms with E-state index in [1.54, 1.807) is 12.0 Å². The molecule has 0 aromatic carbocycles. The Balaban J connectivity index is 2.48. The molecule has 14 heavy (non-hydrogen) atoms. The first-order chi connectivity index (χ1) is 6.79. The summed E-state index contributed by atoms with van der Waals surface area (Å²) in [6.45, 7) is 3.67. The Morgan fingerprint density at radius 3 is 2.93 bits per heavy atom. The van der Waals surface area contributed by atoms with Crippen LogP contribution in [0, 0.1) is 0 Å². The zero-order valence-corrected chi connectivity index (χ0v) is 8.99. The van der Waals surface area contributed by atoms with E-state index in [4.69, 9.17) is 9.47 Å². The van der Waals surface area contributed by atoms with E-state index in [2.05, 4.69) is 0 Å². The first-order valence-corrected chi connectivity index (χ1v) is 5.22. The third-order valence-electron chi connectivity index (χ3n) is 2.49. The van der Waals surface area contributed by atoms with Crippen molar-refractivity contribution >= 4 is 6.09 Å². The van der Waals surface area contributed by atoms with Crippen LogP contribution >= 0.6 is 0 Å². The molecule has 1 fully saturated rings. The predicted molar refractivity (Wildman–Crippen MR) is 53.2 cm³/mol. The van der Waals surface area contributed by atoms with Crippen LogP contribution in [0.1, 0.15) is 26.2 Å². The smallest absolute Gasteiger partial charge is 0.410 e. The highest BCUT2D eigenvalue weighted by atomic mass is 16.6. The van der Waals surface area contributed by atoms with Crippen LogP contribution in [0.25, 0.3) is 0 Å². The van der Waals surface area contributed by atoms with Crippen LogP contribution in [-0.4, -0.2) is 43.9 Å². The molecular weight excluding hydrogens is 182 g/mol. The van der Waals surface area contributed by atoms with Gasteiger partial charge in [0, 0.05) is 13.7 Å².